The number of hydrogen-bond donors (Lipinski definition) is 1. The summed E-state index contributed by atoms with van der Waals surface area (Å²) in [5, 5.41) is 4.32. The Hall–Kier alpha value is -1.82. The molecule has 1 aromatic heterocycles. The van der Waals surface area contributed by atoms with Crippen LogP contribution in [-0.4, -0.2) is 15.7 Å². The van der Waals surface area contributed by atoms with Crippen LogP contribution < -0.4 is 5.73 Å². The number of esters is 1. The van der Waals surface area contributed by atoms with Crippen molar-refractivity contribution in [1.82, 2.24) is 9.78 Å². The lowest BCUT2D eigenvalue weighted by Gasteiger charge is -2.07. The molecule has 0 unspecified atom stereocenters. The van der Waals surface area contributed by atoms with E-state index >= 15 is 0 Å². The fourth-order valence-corrected chi connectivity index (χ4v) is 2.09. The Morgan fingerprint density at radius 3 is 2.85 bits per heavy atom. The first kappa shape index (κ1) is 14.6. The van der Waals surface area contributed by atoms with Crippen molar-refractivity contribution < 1.29 is 9.53 Å². The lowest BCUT2D eigenvalue weighted by molar-refractivity contribution is 0.0466. The molecule has 20 heavy (non-hydrogen) atoms. The average molecular weight is 338 g/mol. The van der Waals surface area contributed by atoms with E-state index in [1.165, 1.54) is 0 Å². The summed E-state index contributed by atoms with van der Waals surface area (Å²) in [5.41, 5.74) is 7.36. The van der Waals surface area contributed by atoms with Crippen LogP contribution in [0, 0.1) is 0 Å². The molecule has 106 valence electrons. The zero-order valence-electron chi connectivity index (χ0n) is 11.3. The number of carbonyl (C=O) groups excluding carboxylic acids is 1. The van der Waals surface area contributed by atoms with Crippen molar-refractivity contribution in [1.29, 1.82) is 0 Å². The highest BCUT2D eigenvalue weighted by molar-refractivity contribution is 9.10. The van der Waals surface area contributed by atoms with E-state index in [-0.39, 0.29) is 12.6 Å². The van der Waals surface area contributed by atoms with Gasteiger partial charge in [0, 0.05) is 17.9 Å². The molecule has 5 nitrogen and oxygen atoms in total. The molecule has 2 rings (SSSR count). The van der Waals surface area contributed by atoms with Crippen molar-refractivity contribution in [2.24, 2.45) is 0 Å². The largest absolute Gasteiger partial charge is 0.455 e. The Morgan fingerprint density at radius 1 is 1.45 bits per heavy atom. The molecule has 1 heterocycles. The predicted molar refractivity (Wildman–Crippen MR) is 80.3 cm³/mol. The third kappa shape index (κ3) is 3.19. The Kier molecular flexibility index (Phi) is 4.44. The Bertz CT molecular complexity index is 623. The second kappa shape index (κ2) is 6.09. The van der Waals surface area contributed by atoms with Gasteiger partial charge in [0.1, 0.15) is 6.61 Å². The number of nitrogens with zero attached hydrogens (tertiary/aromatic N) is 2. The number of nitrogens with two attached hydrogens (primary N) is 1. The van der Waals surface area contributed by atoms with Crippen LogP contribution in [0.3, 0.4) is 0 Å². The van der Waals surface area contributed by atoms with Gasteiger partial charge < -0.3 is 10.5 Å². The van der Waals surface area contributed by atoms with E-state index in [1.54, 1.807) is 18.2 Å². The molecule has 0 amide bonds. The van der Waals surface area contributed by atoms with Crippen molar-refractivity contribution in [3.8, 4) is 0 Å². The maximum absolute atomic E-state index is 12.0. The summed E-state index contributed by atoms with van der Waals surface area (Å²) in [6, 6.07) is 7.20. The molecule has 0 spiro atoms. The molecule has 2 N–H and O–H groups in total. The van der Waals surface area contributed by atoms with Gasteiger partial charge in [-0.25, -0.2) is 4.79 Å². The highest BCUT2D eigenvalue weighted by atomic mass is 79.9. The summed E-state index contributed by atoms with van der Waals surface area (Å²) >= 11 is 3.28. The number of rotatable bonds is 4. The SMILES string of the molecule is CC(C)n1ccc(COC(=O)c2cccc(N)c2Br)n1. The molecule has 2 aromatic rings. The maximum Gasteiger partial charge on any atom is 0.339 e. The van der Waals surface area contributed by atoms with Gasteiger partial charge >= 0.3 is 5.97 Å². The molecule has 0 radical (unpaired) electrons. The van der Waals surface area contributed by atoms with Gasteiger partial charge in [-0.2, -0.15) is 5.10 Å². The number of ether oxygens (including phenoxy) is 1. The second-order valence-electron chi connectivity index (χ2n) is 4.67. The Balaban J connectivity index is 2.03. The number of halogens is 1. The predicted octanol–water partition coefficient (Wildman–Crippen LogP) is 3.17. The van der Waals surface area contributed by atoms with E-state index in [0.29, 0.717) is 21.4 Å². The molecule has 0 saturated heterocycles. The molecular weight excluding hydrogens is 322 g/mol. The van der Waals surface area contributed by atoms with Crippen LogP contribution in [-0.2, 0) is 11.3 Å². The number of benzene rings is 1. The van der Waals surface area contributed by atoms with Gasteiger partial charge in [0.15, 0.2) is 0 Å². The van der Waals surface area contributed by atoms with Crippen LogP contribution in [0.25, 0.3) is 0 Å². The molecule has 6 heteroatoms. The fraction of sp³-hybridized carbons (Fsp3) is 0.286. The second-order valence-corrected chi connectivity index (χ2v) is 5.46. The third-order valence-electron chi connectivity index (χ3n) is 2.79. The molecule has 0 atom stereocenters. The minimum absolute atomic E-state index is 0.139. The van der Waals surface area contributed by atoms with Gasteiger partial charge in [-0.15, -0.1) is 0 Å². The van der Waals surface area contributed by atoms with E-state index in [4.69, 9.17) is 10.5 Å². The highest BCUT2D eigenvalue weighted by Crippen LogP contribution is 2.24. The number of aromatic nitrogens is 2. The van der Waals surface area contributed by atoms with E-state index in [0.717, 1.165) is 0 Å². The maximum atomic E-state index is 12.0. The molecule has 0 fully saturated rings. The summed E-state index contributed by atoms with van der Waals surface area (Å²) in [4.78, 5) is 12.0. The van der Waals surface area contributed by atoms with Crippen molar-refractivity contribution in [3.63, 3.8) is 0 Å². The first-order valence-electron chi connectivity index (χ1n) is 6.24. The zero-order valence-corrected chi connectivity index (χ0v) is 12.9. The molecule has 0 saturated carbocycles. The summed E-state index contributed by atoms with van der Waals surface area (Å²) in [6.07, 6.45) is 1.87. The Labute approximate surface area is 125 Å². The third-order valence-corrected chi connectivity index (χ3v) is 3.68. The van der Waals surface area contributed by atoms with Crippen LogP contribution in [0.1, 0.15) is 35.9 Å². The number of carbonyl (C=O) groups is 1. The van der Waals surface area contributed by atoms with Crippen molar-refractivity contribution in [2.45, 2.75) is 26.5 Å². The first-order chi connectivity index (χ1) is 9.49. The summed E-state index contributed by atoms with van der Waals surface area (Å²) in [5.74, 6) is -0.428. The molecule has 0 aliphatic carbocycles. The topological polar surface area (TPSA) is 70.1 Å². The summed E-state index contributed by atoms with van der Waals surface area (Å²) in [7, 11) is 0. The molecular formula is C14H16BrN3O2. The first-order valence-corrected chi connectivity index (χ1v) is 7.03. The van der Waals surface area contributed by atoms with Gasteiger partial charge in [-0.05, 0) is 48.0 Å². The number of nitrogen functional groups attached to an aromatic ring is 1. The molecule has 1 aromatic carbocycles. The minimum Gasteiger partial charge on any atom is -0.455 e. The normalized spacial score (nSPS) is 10.8. The van der Waals surface area contributed by atoms with Gasteiger partial charge in [0.05, 0.1) is 15.7 Å². The monoisotopic (exact) mass is 337 g/mol. The Morgan fingerprint density at radius 2 is 2.20 bits per heavy atom. The molecule has 0 bridgehead atoms. The van der Waals surface area contributed by atoms with Gasteiger partial charge in [0.2, 0.25) is 0 Å². The molecule has 0 aliphatic heterocycles. The van der Waals surface area contributed by atoms with Crippen LogP contribution in [0.4, 0.5) is 5.69 Å². The van der Waals surface area contributed by atoms with E-state index in [1.807, 2.05) is 30.8 Å². The smallest absolute Gasteiger partial charge is 0.339 e. The lowest BCUT2D eigenvalue weighted by Crippen LogP contribution is -2.08. The lowest BCUT2D eigenvalue weighted by atomic mass is 10.2. The average Bonchev–Trinajstić information content (AvgIpc) is 2.88. The van der Waals surface area contributed by atoms with Crippen molar-refractivity contribution >= 4 is 27.6 Å². The van der Waals surface area contributed by atoms with Crippen LogP contribution in [0.15, 0.2) is 34.9 Å². The van der Waals surface area contributed by atoms with E-state index in [9.17, 15) is 4.79 Å². The van der Waals surface area contributed by atoms with Crippen LogP contribution in [0.5, 0.6) is 0 Å². The summed E-state index contributed by atoms with van der Waals surface area (Å²) in [6.45, 7) is 4.21. The van der Waals surface area contributed by atoms with Crippen LogP contribution >= 0.6 is 15.9 Å². The zero-order chi connectivity index (χ0) is 14.7. The van der Waals surface area contributed by atoms with Gasteiger partial charge in [-0.3, -0.25) is 4.68 Å². The van der Waals surface area contributed by atoms with Crippen LogP contribution in [0.2, 0.25) is 0 Å². The fourth-order valence-electron chi connectivity index (χ4n) is 1.67. The molecule has 0 aliphatic rings. The van der Waals surface area contributed by atoms with Crippen molar-refractivity contribution in [2.75, 3.05) is 5.73 Å². The van der Waals surface area contributed by atoms with E-state index < -0.39 is 5.97 Å². The number of anilines is 1. The highest BCUT2D eigenvalue weighted by Gasteiger charge is 2.14. The van der Waals surface area contributed by atoms with E-state index in [2.05, 4.69) is 21.0 Å². The van der Waals surface area contributed by atoms with Crippen molar-refractivity contribution in [3.05, 3.63) is 46.2 Å². The number of hydrogen-bond acceptors (Lipinski definition) is 4. The standard InChI is InChI=1S/C14H16BrN3O2/c1-9(2)18-7-6-10(17-18)8-20-14(19)11-4-3-5-12(16)13(11)15/h3-7,9H,8,16H2,1-2H3. The van der Waals surface area contributed by atoms with Gasteiger partial charge in [0.25, 0.3) is 0 Å². The quantitative estimate of drug-likeness (QED) is 0.687. The minimum atomic E-state index is -0.428. The summed E-state index contributed by atoms with van der Waals surface area (Å²) < 4.78 is 7.62. The van der Waals surface area contributed by atoms with Gasteiger partial charge in [-0.1, -0.05) is 6.07 Å².